The van der Waals surface area contributed by atoms with E-state index in [-0.39, 0.29) is 5.75 Å². The van der Waals surface area contributed by atoms with E-state index >= 15 is 0 Å². The van der Waals surface area contributed by atoms with E-state index in [0.717, 1.165) is 28.1 Å². The molecule has 1 heterocycles. The van der Waals surface area contributed by atoms with Gasteiger partial charge in [-0.2, -0.15) is 0 Å². The Morgan fingerprint density at radius 1 is 1.19 bits per heavy atom. The second-order valence-corrected chi connectivity index (χ2v) is 4.06. The molecule has 3 heteroatoms. The van der Waals surface area contributed by atoms with Crippen molar-refractivity contribution in [2.45, 2.75) is 13.8 Å². The average molecular weight is 231 g/mol. The van der Waals surface area contributed by atoms with Crippen LogP contribution in [-0.2, 0) is 0 Å². The van der Waals surface area contributed by atoms with Crippen LogP contribution in [0.25, 0.3) is 11.1 Å². The fourth-order valence-electron chi connectivity index (χ4n) is 1.95. The van der Waals surface area contributed by atoms with Crippen LogP contribution < -0.4 is 0 Å². The Labute approximate surface area is 99.9 Å². The first-order valence-corrected chi connectivity index (χ1v) is 5.54. The summed E-state index contributed by atoms with van der Waals surface area (Å²) >= 11 is 4.95. The summed E-state index contributed by atoms with van der Waals surface area (Å²) in [6, 6.07) is 7.20. The first-order valence-electron chi connectivity index (χ1n) is 5.07. The molecule has 0 aliphatic carbocycles. The van der Waals surface area contributed by atoms with Crippen LogP contribution in [0.15, 0.2) is 24.3 Å². The Kier molecular flexibility index (Phi) is 2.79. The number of aromatic nitrogens is 1. The van der Waals surface area contributed by atoms with Crippen molar-refractivity contribution >= 4 is 17.6 Å². The molecule has 0 unspecified atom stereocenters. The maximum Gasteiger partial charge on any atom is 0.115 e. The van der Waals surface area contributed by atoms with Crippen molar-refractivity contribution in [1.29, 1.82) is 0 Å². The molecule has 0 aliphatic heterocycles. The zero-order valence-corrected chi connectivity index (χ0v) is 10.1. The van der Waals surface area contributed by atoms with Gasteiger partial charge in [-0.15, -0.1) is 0 Å². The molecule has 2 nitrogen and oxygen atoms in total. The third-order valence-electron chi connectivity index (χ3n) is 2.75. The minimum atomic E-state index is 0.282. The predicted octanol–water partition coefficient (Wildman–Crippen LogP) is 3.35. The number of aryl methyl sites for hydroxylation is 1. The van der Waals surface area contributed by atoms with Gasteiger partial charge in [-0.3, -0.25) is 0 Å². The smallest absolute Gasteiger partial charge is 0.115 e. The second-order valence-electron chi connectivity index (χ2n) is 3.83. The number of thiocarbonyl (C=S) groups is 1. The molecular weight excluding hydrogens is 218 g/mol. The second kappa shape index (κ2) is 4.10. The lowest BCUT2D eigenvalue weighted by atomic mass is 10.0. The van der Waals surface area contributed by atoms with Gasteiger partial charge in [-0.05, 0) is 37.1 Å². The molecule has 0 spiro atoms. The molecule has 0 saturated carbocycles. The van der Waals surface area contributed by atoms with E-state index in [4.69, 9.17) is 12.2 Å². The number of hydrogen-bond donors (Lipinski definition) is 2. The van der Waals surface area contributed by atoms with Crippen LogP contribution in [0, 0.1) is 13.8 Å². The molecule has 0 amide bonds. The number of H-pyrrole nitrogens is 1. The van der Waals surface area contributed by atoms with Gasteiger partial charge in [0.1, 0.15) is 5.75 Å². The summed E-state index contributed by atoms with van der Waals surface area (Å²) in [6.07, 6.45) is 0. The molecule has 0 bridgehead atoms. The van der Waals surface area contributed by atoms with Crippen molar-refractivity contribution in [3.05, 3.63) is 41.2 Å². The van der Waals surface area contributed by atoms with E-state index in [2.05, 4.69) is 4.98 Å². The van der Waals surface area contributed by atoms with Crippen molar-refractivity contribution in [2.75, 3.05) is 0 Å². The van der Waals surface area contributed by atoms with E-state index in [0.29, 0.717) is 0 Å². The molecule has 2 rings (SSSR count). The van der Waals surface area contributed by atoms with Crippen molar-refractivity contribution in [3.63, 3.8) is 0 Å². The third-order valence-corrected chi connectivity index (χ3v) is 2.99. The van der Waals surface area contributed by atoms with Crippen molar-refractivity contribution in [2.24, 2.45) is 0 Å². The van der Waals surface area contributed by atoms with Gasteiger partial charge in [-0.1, -0.05) is 24.4 Å². The molecule has 16 heavy (non-hydrogen) atoms. The van der Waals surface area contributed by atoms with Gasteiger partial charge in [0.15, 0.2) is 0 Å². The van der Waals surface area contributed by atoms with E-state index in [1.165, 1.54) is 0 Å². The highest BCUT2D eigenvalue weighted by molar-refractivity contribution is 7.79. The van der Waals surface area contributed by atoms with E-state index in [1.807, 2.05) is 26.0 Å². The number of hydrogen-bond acceptors (Lipinski definition) is 2. The maximum atomic E-state index is 9.26. The first kappa shape index (κ1) is 10.9. The molecule has 0 radical (unpaired) electrons. The summed E-state index contributed by atoms with van der Waals surface area (Å²) in [4.78, 5) is 3.25. The molecule has 0 aliphatic rings. The van der Waals surface area contributed by atoms with Gasteiger partial charge in [0.05, 0.1) is 5.69 Å². The number of aromatic hydroxyl groups is 1. The summed E-state index contributed by atoms with van der Waals surface area (Å²) in [7, 11) is 0. The van der Waals surface area contributed by atoms with Crippen LogP contribution >= 0.6 is 12.2 Å². The summed E-state index contributed by atoms with van der Waals surface area (Å²) in [5.41, 5.74) is 5.48. The normalized spacial score (nSPS) is 10.4. The lowest BCUT2D eigenvalue weighted by molar-refractivity contribution is 0.475. The summed E-state index contributed by atoms with van der Waals surface area (Å²) < 4.78 is 0. The van der Waals surface area contributed by atoms with Crippen LogP contribution in [0.1, 0.15) is 17.0 Å². The third kappa shape index (κ3) is 1.74. The zero-order chi connectivity index (χ0) is 11.7. The lowest BCUT2D eigenvalue weighted by Crippen LogP contribution is -1.82. The monoisotopic (exact) mass is 231 g/mol. The number of rotatable bonds is 2. The Morgan fingerprint density at radius 3 is 2.31 bits per heavy atom. The van der Waals surface area contributed by atoms with Crippen LogP contribution in [0.3, 0.4) is 0 Å². The Morgan fingerprint density at radius 2 is 1.81 bits per heavy atom. The number of benzene rings is 1. The van der Waals surface area contributed by atoms with Gasteiger partial charge in [0, 0.05) is 16.6 Å². The molecule has 1 aromatic carbocycles. The minimum Gasteiger partial charge on any atom is -0.508 e. The average Bonchev–Trinajstić information content (AvgIpc) is 2.56. The highest BCUT2D eigenvalue weighted by atomic mass is 32.1. The summed E-state index contributed by atoms with van der Waals surface area (Å²) in [5, 5.41) is 10.9. The highest BCUT2D eigenvalue weighted by Crippen LogP contribution is 2.29. The van der Waals surface area contributed by atoms with Crippen LogP contribution in [0.2, 0.25) is 0 Å². The topological polar surface area (TPSA) is 36.0 Å². The molecule has 0 atom stereocenters. The Balaban J connectivity index is 2.59. The molecule has 0 fully saturated rings. The van der Waals surface area contributed by atoms with E-state index < -0.39 is 0 Å². The summed E-state index contributed by atoms with van der Waals surface area (Å²) in [5.74, 6) is 0.282. The molecule has 0 saturated heterocycles. The zero-order valence-electron chi connectivity index (χ0n) is 9.24. The molecular formula is C13H13NOS. The van der Waals surface area contributed by atoms with Gasteiger partial charge >= 0.3 is 0 Å². The van der Waals surface area contributed by atoms with Crippen LogP contribution in [0.5, 0.6) is 5.75 Å². The van der Waals surface area contributed by atoms with Crippen molar-refractivity contribution < 1.29 is 5.11 Å². The SMILES string of the molecule is Cc1[nH]c(C=S)c(C)c1-c1ccc(O)cc1. The standard InChI is InChI=1S/C13H13NOS/c1-8-12(7-16)14-9(2)13(8)10-3-5-11(15)6-4-10/h3-7,14-15H,1-2H3. The van der Waals surface area contributed by atoms with Gasteiger partial charge in [0.25, 0.3) is 0 Å². The number of phenols is 1. The maximum absolute atomic E-state index is 9.26. The molecule has 2 N–H and O–H groups in total. The molecule has 2 aromatic rings. The Hall–Kier alpha value is -1.61. The summed E-state index contributed by atoms with van der Waals surface area (Å²) in [6.45, 7) is 4.07. The number of phenolic OH excluding ortho intramolecular Hbond substituents is 1. The first-order chi connectivity index (χ1) is 7.63. The fourth-order valence-corrected chi connectivity index (χ4v) is 2.19. The van der Waals surface area contributed by atoms with E-state index in [1.54, 1.807) is 17.5 Å². The van der Waals surface area contributed by atoms with E-state index in [9.17, 15) is 5.11 Å². The molecule has 82 valence electrons. The largest absolute Gasteiger partial charge is 0.508 e. The van der Waals surface area contributed by atoms with Gasteiger partial charge in [-0.25, -0.2) is 0 Å². The van der Waals surface area contributed by atoms with Crippen LogP contribution in [-0.4, -0.2) is 15.5 Å². The lowest BCUT2D eigenvalue weighted by Gasteiger charge is -2.02. The Bertz CT molecular complexity index is 526. The number of nitrogens with one attached hydrogen (secondary N) is 1. The predicted molar refractivity (Wildman–Crippen MR) is 70.1 cm³/mol. The van der Waals surface area contributed by atoms with Gasteiger partial charge in [0.2, 0.25) is 0 Å². The van der Waals surface area contributed by atoms with Crippen LogP contribution in [0.4, 0.5) is 0 Å². The minimum absolute atomic E-state index is 0.282. The fraction of sp³-hybridized carbons (Fsp3) is 0.154. The molecule has 1 aromatic heterocycles. The van der Waals surface area contributed by atoms with Crippen molar-refractivity contribution in [1.82, 2.24) is 4.98 Å². The van der Waals surface area contributed by atoms with Crippen molar-refractivity contribution in [3.8, 4) is 16.9 Å². The quantitative estimate of drug-likeness (QED) is 0.777. The van der Waals surface area contributed by atoms with Gasteiger partial charge < -0.3 is 10.1 Å². The number of aromatic amines is 1. The highest BCUT2D eigenvalue weighted by Gasteiger charge is 2.11.